The summed E-state index contributed by atoms with van der Waals surface area (Å²) in [6.07, 6.45) is 0. The van der Waals surface area contributed by atoms with Gasteiger partial charge in [0.1, 0.15) is 0 Å². The van der Waals surface area contributed by atoms with Crippen LogP contribution in [0.3, 0.4) is 0 Å². The maximum absolute atomic E-state index is 12.4. The van der Waals surface area contributed by atoms with Gasteiger partial charge in [-0.05, 0) is 30.3 Å². The van der Waals surface area contributed by atoms with E-state index >= 15 is 0 Å². The minimum Gasteiger partial charge on any atom is -0.333 e. The molecular formula is C17H13BrN2O2S. The molecule has 3 aromatic rings. The van der Waals surface area contributed by atoms with Gasteiger partial charge in [0, 0.05) is 15.6 Å². The molecule has 23 heavy (non-hydrogen) atoms. The van der Waals surface area contributed by atoms with E-state index in [0.29, 0.717) is 16.6 Å². The van der Waals surface area contributed by atoms with Crippen molar-refractivity contribution in [1.82, 2.24) is 10.1 Å². The summed E-state index contributed by atoms with van der Waals surface area (Å²) in [4.78, 5) is 16.7. The lowest BCUT2D eigenvalue weighted by atomic mass is 10.1. The average Bonchev–Trinajstić information content (AvgIpc) is 3.03. The molecule has 0 unspecified atom stereocenters. The third-order valence-electron chi connectivity index (χ3n) is 3.19. The van der Waals surface area contributed by atoms with Crippen LogP contribution in [0.4, 0.5) is 0 Å². The van der Waals surface area contributed by atoms with E-state index in [1.165, 1.54) is 11.8 Å². The maximum atomic E-state index is 12.4. The van der Waals surface area contributed by atoms with Gasteiger partial charge in [0.15, 0.2) is 5.78 Å². The smallest absolute Gasteiger partial charge is 0.258 e. The van der Waals surface area contributed by atoms with Crippen LogP contribution in [0.5, 0.6) is 0 Å². The third kappa shape index (κ3) is 3.89. The van der Waals surface area contributed by atoms with Gasteiger partial charge in [0.25, 0.3) is 5.89 Å². The van der Waals surface area contributed by atoms with Crippen LogP contribution in [-0.2, 0) is 0 Å². The zero-order valence-electron chi connectivity index (χ0n) is 12.3. The Hall–Kier alpha value is -1.92. The van der Waals surface area contributed by atoms with E-state index in [2.05, 4.69) is 26.1 Å². The number of benzene rings is 2. The molecule has 1 aromatic heterocycles. The van der Waals surface area contributed by atoms with E-state index in [-0.39, 0.29) is 11.0 Å². The summed E-state index contributed by atoms with van der Waals surface area (Å²) < 4.78 is 6.22. The van der Waals surface area contributed by atoms with Gasteiger partial charge in [-0.15, -0.1) is 0 Å². The Kier molecular flexibility index (Phi) is 4.93. The second kappa shape index (κ2) is 7.10. The molecule has 2 aromatic carbocycles. The van der Waals surface area contributed by atoms with E-state index < -0.39 is 0 Å². The second-order valence-electron chi connectivity index (χ2n) is 4.88. The Morgan fingerprint density at radius 2 is 1.96 bits per heavy atom. The normalized spacial score (nSPS) is 12.1. The van der Waals surface area contributed by atoms with Crippen LogP contribution >= 0.6 is 27.7 Å². The second-order valence-corrected chi connectivity index (χ2v) is 7.11. The largest absolute Gasteiger partial charge is 0.333 e. The standard InChI is InChI=1S/C17H13BrN2O2S/c1-11(15(21)12-6-3-2-4-7-12)23-17-19-16(22-20-17)13-8-5-9-14(18)10-13/h2-11H,1H3/t11-/m0/s1. The number of hydrogen-bond acceptors (Lipinski definition) is 5. The van der Waals surface area contributed by atoms with Gasteiger partial charge in [-0.1, -0.05) is 64.1 Å². The number of aromatic nitrogens is 2. The Morgan fingerprint density at radius 1 is 1.17 bits per heavy atom. The van der Waals surface area contributed by atoms with Crippen molar-refractivity contribution in [2.75, 3.05) is 0 Å². The summed E-state index contributed by atoms with van der Waals surface area (Å²) in [6.45, 7) is 1.84. The summed E-state index contributed by atoms with van der Waals surface area (Å²) in [5.74, 6) is 0.484. The van der Waals surface area contributed by atoms with Crippen molar-refractivity contribution >= 4 is 33.5 Å². The number of rotatable bonds is 5. The number of halogens is 1. The first-order valence-electron chi connectivity index (χ1n) is 6.99. The molecule has 0 aliphatic rings. The molecule has 0 spiro atoms. The van der Waals surface area contributed by atoms with Crippen LogP contribution in [0, 0.1) is 0 Å². The zero-order valence-corrected chi connectivity index (χ0v) is 14.7. The molecule has 0 radical (unpaired) electrons. The molecule has 4 nitrogen and oxygen atoms in total. The topological polar surface area (TPSA) is 56.0 Å². The molecular weight excluding hydrogens is 376 g/mol. The van der Waals surface area contributed by atoms with Crippen molar-refractivity contribution in [2.24, 2.45) is 0 Å². The lowest BCUT2D eigenvalue weighted by Gasteiger charge is -2.06. The third-order valence-corrected chi connectivity index (χ3v) is 4.63. The van der Waals surface area contributed by atoms with Gasteiger partial charge in [-0.2, -0.15) is 4.98 Å². The highest BCUT2D eigenvalue weighted by atomic mass is 79.9. The minimum absolute atomic E-state index is 0.0457. The predicted molar refractivity (Wildman–Crippen MR) is 93.5 cm³/mol. The minimum atomic E-state index is -0.287. The molecule has 0 amide bonds. The van der Waals surface area contributed by atoms with Crippen molar-refractivity contribution in [2.45, 2.75) is 17.3 Å². The van der Waals surface area contributed by atoms with Crippen LogP contribution in [0.25, 0.3) is 11.5 Å². The van der Waals surface area contributed by atoms with Crippen LogP contribution in [0.15, 0.2) is 68.7 Å². The Bertz CT molecular complexity index is 820. The molecule has 0 fully saturated rings. The summed E-state index contributed by atoms with van der Waals surface area (Å²) in [5, 5.41) is 4.12. The highest BCUT2D eigenvalue weighted by molar-refractivity contribution is 9.10. The Balaban J connectivity index is 1.73. The van der Waals surface area contributed by atoms with Crippen molar-refractivity contribution in [3.8, 4) is 11.5 Å². The van der Waals surface area contributed by atoms with Crippen molar-refractivity contribution in [3.05, 3.63) is 64.6 Å². The van der Waals surface area contributed by atoms with E-state index in [9.17, 15) is 4.79 Å². The quantitative estimate of drug-likeness (QED) is 0.461. The van der Waals surface area contributed by atoms with Crippen LogP contribution in [-0.4, -0.2) is 21.2 Å². The molecule has 0 aliphatic carbocycles. The van der Waals surface area contributed by atoms with E-state index in [1.54, 1.807) is 0 Å². The number of thioether (sulfide) groups is 1. The number of carbonyl (C=O) groups excluding carboxylic acids is 1. The van der Waals surface area contributed by atoms with Crippen LogP contribution < -0.4 is 0 Å². The molecule has 6 heteroatoms. The number of carbonyl (C=O) groups is 1. The predicted octanol–water partition coefficient (Wildman–Crippen LogP) is 4.86. The first-order chi connectivity index (χ1) is 11.1. The fourth-order valence-electron chi connectivity index (χ4n) is 2.05. The van der Waals surface area contributed by atoms with E-state index in [0.717, 1.165) is 10.0 Å². The molecule has 0 aliphatic heterocycles. The molecule has 0 saturated heterocycles. The number of ketones is 1. The van der Waals surface area contributed by atoms with E-state index in [4.69, 9.17) is 4.52 Å². The van der Waals surface area contributed by atoms with Gasteiger partial charge < -0.3 is 4.52 Å². The summed E-state index contributed by atoms with van der Waals surface area (Å²) in [7, 11) is 0. The SMILES string of the molecule is C[C@H](Sc1noc(-c2cccc(Br)c2)n1)C(=O)c1ccccc1. The number of hydrogen-bond donors (Lipinski definition) is 0. The van der Waals surface area contributed by atoms with Crippen molar-refractivity contribution in [1.29, 1.82) is 0 Å². The average molecular weight is 389 g/mol. The molecule has 3 rings (SSSR count). The molecule has 1 atom stereocenters. The first kappa shape index (κ1) is 16.0. The fraction of sp³-hybridized carbons (Fsp3) is 0.118. The van der Waals surface area contributed by atoms with Gasteiger partial charge in [0.2, 0.25) is 5.16 Å². The lowest BCUT2D eigenvalue weighted by Crippen LogP contribution is -2.13. The maximum Gasteiger partial charge on any atom is 0.258 e. The zero-order chi connectivity index (χ0) is 16.2. The highest BCUT2D eigenvalue weighted by Crippen LogP contribution is 2.27. The monoisotopic (exact) mass is 388 g/mol. The molecule has 1 heterocycles. The summed E-state index contributed by atoms with van der Waals surface area (Å²) in [5.41, 5.74) is 1.52. The first-order valence-corrected chi connectivity index (χ1v) is 8.66. The Labute approximate surface area is 146 Å². The van der Waals surface area contributed by atoms with Gasteiger partial charge in [0.05, 0.1) is 5.25 Å². The van der Waals surface area contributed by atoms with Crippen LogP contribution in [0.2, 0.25) is 0 Å². The summed E-state index contributed by atoms with van der Waals surface area (Å²) >= 11 is 4.70. The molecule has 0 bridgehead atoms. The highest BCUT2D eigenvalue weighted by Gasteiger charge is 2.19. The van der Waals surface area contributed by atoms with Crippen molar-refractivity contribution in [3.63, 3.8) is 0 Å². The van der Waals surface area contributed by atoms with Gasteiger partial charge in [-0.25, -0.2) is 0 Å². The molecule has 116 valence electrons. The number of nitrogens with zero attached hydrogens (tertiary/aromatic N) is 2. The van der Waals surface area contributed by atoms with Gasteiger partial charge in [-0.3, -0.25) is 4.79 Å². The Morgan fingerprint density at radius 3 is 2.70 bits per heavy atom. The number of Topliss-reactive ketones (excluding diaryl/α,β-unsaturated/α-hetero) is 1. The molecule has 0 N–H and O–H groups in total. The molecule has 0 saturated carbocycles. The van der Waals surface area contributed by atoms with Crippen LogP contribution in [0.1, 0.15) is 17.3 Å². The summed E-state index contributed by atoms with van der Waals surface area (Å²) in [6, 6.07) is 16.8. The van der Waals surface area contributed by atoms with E-state index in [1.807, 2.05) is 61.5 Å². The van der Waals surface area contributed by atoms with Gasteiger partial charge >= 0.3 is 0 Å². The lowest BCUT2D eigenvalue weighted by molar-refractivity contribution is 0.0994. The fourth-order valence-corrected chi connectivity index (χ4v) is 3.22. The van der Waals surface area contributed by atoms with Crippen molar-refractivity contribution < 1.29 is 9.32 Å².